The summed E-state index contributed by atoms with van der Waals surface area (Å²) in [7, 11) is 0. The number of piperazine rings is 1. The van der Waals surface area contributed by atoms with Gasteiger partial charge in [0.2, 0.25) is 11.8 Å². The van der Waals surface area contributed by atoms with E-state index in [0.29, 0.717) is 18.4 Å². The summed E-state index contributed by atoms with van der Waals surface area (Å²) in [5, 5.41) is 3.01. The molecule has 21 heavy (non-hydrogen) atoms. The molecule has 1 saturated carbocycles. The molecule has 2 aliphatic rings. The van der Waals surface area contributed by atoms with Gasteiger partial charge in [-0.3, -0.25) is 9.59 Å². The van der Waals surface area contributed by atoms with Crippen LogP contribution in [0.25, 0.3) is 0 Å². The summed E-state index contributed by atoms with van der Waals surface area (Å²) in [5.41, 5.74) is -0.909. The number of amides is 2. The molecule has 0 bridgehead atoms. The second-order valence-corrected chi connectivity index (χ2v) is 8.16. The first-order valence-electron chi connectivity index (χ1n) is 8.24. The zero-order valence-electron chi connectivity index (χ0n) is 14.3. The summed E-state index contributed by atoms with van der Waals surface area (Å²) < 4.78 is 0. The fourth-order valence-corrected chi connectivity index (χ4v) is 3.20. The molecule has 0 aromatic carbocycles. The van der Waals surface area contributed by atoms with Gasteiger partial charge in [0.25, 0.3) is 0 Å². The molecule has 1 heterocycles. The van der Waals surface area contributed by atoms with E-state index in [4.69, 9.17) is 0 Å². The van der Waals surface area contributed by atoms with Crippen molar-refractivity contribution in [2.75, 3.05) is 6.54 Å². The molecule has 1 aliphatic carbocycles. The number of carbonyl (C=O) groups excluding carboxylic acids is 2. The van der Waals surface area contributed by atoms with E-state index in [1.807, 2.05) is 32.6 Å². The highest BCUT2D eigenvalue weighted by Gasteiger charge is 2.58. The summed E-state index contributed by atoms with van der Waals surface area (Å²) in [4.78, 5) is 27.7. The highest BCUT2D eigenvalue weighted by molar-refractivity contribution is 6.00. The Hall–Kier alpha value is -1.06. The lowest BCUT2D eigenvalue weighted by Crippen LogP contribution is -2.73. The average Bonchev–Trinajstić information content (AvgIpc) is 3.21. The zero-order valence-corrected chi connectivity index (χ0v) is 14.3. The van der Waals surface area contributed by atoms with Crippen molar-refractivity contribution in [1.29, 1.82) is 0 Å². The Morgan fingerprint density at radius 2 is 1.90 bits per heavy atom. The van der Waals surface area contributed by atoms with Gasteiger partial charge in [0.1, 0.15) is 11.6 Å². The SMILES string of the molecule is CCC(C)CN1C(=O)C(C(C)(C)C)NC(=O)C1(C)C1CC1. The predicted octanol–water partition coefficient (Wildman–Crippen LogP) is 2.57. The van der Waals surface area contributed by atoms with Crippen LogP contribution in [-0.2, 0) is 9.59 Å². The lowest BCUT2D eigenvalue weighted by atomic mass is 9.79. The molecule has 3 unspecified atom stereocenters. The van der Waals surface area contributed by atoms with Crippen LogP contribution in [-0.4, -0.2) is 34.8 Å². The summed E-state index contributed by atoms with van der Waals surface area (Å²) >= 11 is 0. The van der Waals surface area contributed by atoms with Gasteiger partial charge >= 0.3 is 0 Å². The van der Waals surface area contributed by atoms with Crippen LogP contribution in [0.3, 0.4) is 0 Å². The van der Waals surface area contributed by atoms with Gasteiger partial charge in [0, 0.05) is 6.54 Å². The highest BCUT2D eigenvalue weighted by Crippen LogP contribution is 2.46. The van der Waals surface area contributed by atoms with Crippen LogP contribution in [0.5, 0.6) is 0 Å². The Morgan fingerprint density at radius 3 is 2.33 bits per heavy atom. The molecular formula is C17H30N2O2. The summed E-state index contributed by atoms with van der Waals surface area (Å²) in [6, 6.07) is -0.416. The second-order valence-electron chi connectivity index (χ2n) is 8.16. The topological polar surface area (TPSA) is 49.4 Å². The molecular weight excluding hydrogens is 264 g/mol. The lowest BCUT2D eigenvalue weighted by molar-refractivity contribution is -0.162. The zero-order chi connectivity index (χ0) is 16.0. The average molecular weight is 294 g/mol. The van der Waals surface area contributed by atoms with E-state index in [2.05, 4.69) is 19.2 Å². The lowest BCUT2D eigenvalue weighted by Gasteiger charge is -2.50. The Kier molecular flexibility index (Phi) is 4.11. The maximum absolute atomic E-state index is 13.0. The third-order valence-electron chi connectivity index (χ3n) is 5.24. The molecule has 1 N–H and O–H groups in total. The third kappa shape index (κ3) is 2.82. The van der Waals surface area contributed by atoms with E-state index in [1.165, 1.54) is 0 Å². The number of hydrogen-bond acceptors (Lipinski definition) is 2. The molecule has 2 rings (SSSR count). The van der Waals surface area contributed by atoms with E-state index in [-0.39, 0.29) is 17.2 Å². The molecule has 0 spiro atoms. The fourth-order valence-electron chi connectivity index (χ4n) is 3.20. The molecule has 1 aliphatic heterocycles. The van der Waals surface area contributed by atoms with Crippen LogP contribution < -0.4 is 5.32 Å². The van der Waals surface area contributed by atoms with Crippen molar-refractivity contribution in [2.24, 2.45) is 17.3 Å². The Bertz CT molecular complexity index is 437. The number of nitrogens with one attached hydrogen (secondary N) is 1. The normalized spacial score (nSPS) is 32.1. The predicted molar refractivity (Wildman–Crippen MR) is 83.7 cm³/mol. The molecule has 3 atom stereocenters. The third-order valence-corrected chi connectivity index (χ3v) is 5.24. The van der Waals surface area contributed by atoms with Gasteiger partial charge in [-0.15, -0.1) is 0 Å². The van der Waals surface area contributed by atoms with Crippen molar-refractivity contribution in [3.63, 3.8) is 0 Å². The maximum Gasteiger partial charge on any atom is 0.246 e. The molecule has 120 valence electrons. The molecule has 2 fully saturated rings. The Labute approximate surface area is 128 Å². The van der Waals surface area contributed by atoms with E-state index in [1.54, 1.807) is 0 Å². The van der Waals surface area contributed by atoms with Crippen molar-refractivity contribution in [3.05, 3.63) is 0 Å². The number of carbonyl (C=O) groups is 2. The maximum atomic E-state index is 13.0. The second kappa shape index (κ2) is 5.29. The fraction of sp³-hybridized carbons (Fsp3) is 0.882. The van der Waals surface area contributed by atoms with Gasteiger partial charge in [-0.2, -0.15) is 0 Å². The molecule has 0 radical (unpaired) electrons. The first kappa shape index (κ1) is 16.3. The van der Waals surface area contributed by atoms with Crippen LogP contribution in [0, 0.1) is 17.3 Å². The van der Waals surface area contributed by atoms with Crippen molar-refractivity contribution in [3.8, 4) is 0 Å². The minimum Gasteiger partial charge on any atom is -0.342 e. The van der Waals surface area contributed by atoms with Crippen LogP contribution in [0.2, 0.25) is 0 Å². The molecule has 0 aromatic heterocycles. The monoisotopic (exact) mass is 294 g/mol. The summed E-state index contributed by atoms with van der Waals surface area (Å²) in [5.74, 6) is 0.870. The molecule has 4 heteroatoms. The van der Waals surface area contributed by atoms with E-state index in [9.17, 15) is 9.59 Å². The molecule has 0 aromatic rings. The van der Waals surface area contributed by atoms with Crippen LogP contribution in [0.15, 0.2) is 0 Å². The van der Waals surface area contributed by atoms with Crippen molar-refractivity contribution in [2.45, 2.75) is 72.4 Å². The minimum atomic E-state index is -0.651. The van der Waals surface area contributed by atoms with Crippen LogP contribution in [0.4, 0.5) is 0 Å². The van der Waals surface area contributed by atoms with Gasteiger partial charge in [0.05, 0.1) is 0 Å². The smallest absolute Gasteiger partial charge is 0.246 e. The summed E-state index contributed by atoms with van der Waals surface area (Å²) in [6.45, 7) is 13.0. The quantitative estimate of drug-likeness (QED) is 0.866. The van der Waals surface area contributed by atoms with E-state index in [0.717, 1.165) is 19.3 Å². The van der Waals surface area contributed by atoms with Crippen molar-refractivity contribution < 1.29 is 9.59 Å². The first-order chi connectivity index (χ1) is 9.62. The number of hydrogen-bond donors (Lipinski definition) is 1. The Balaban J connectivity index is 2.35. The number of nitrogens with zero attached hydrogens (tertiary/aromatic N) is 1. The molecule has 2 amide bonds. The molecule has 1 saturated heterocycles. The van der Waals surface area contributed by atoms with Crippen molar-refractivity contribution >= 4 is 11.8 Å². The molecule has 4 nitrogen and oxygen atoms in total. The van der Waals surface area contributed by atoms with E-state index >= 15 is 0 Å². The summed E-state index contributed by atoms with van der Waals surface area (Å²) in [6.07, 6.45) is 3.12. The first-order valence-corrected chi connectivity index (χ1v) is 8.24. The van der Waals surface area contributed by atoms with Gasteiger partial charge in [-0.1, -0.05) is 41.0 Å². The van der Waals surface area contributed by atoms with Gasteiger partial charge in [-0.25, -0.2) is 0 Å². The Morgan fingerprint density at radius 1 is 1.33 bits per heavy atom. The van der Waals surface area contributed by atoms with Crippen LogP contribution in [0.1, 0.15) is 60.8 Å². The van der Waals surface area contributed by atoms with Crippen LogP contribution >= 0.6 is 0 Å². The highest BCUT2D eigenvalue weighted by atomic mass is 16.2. The van der Waals surface area contributed by atoms with Gasteiger partial charge in [-0.05, 0) is 37.0 Å². The van der Waals surface area contributed by atoms with Gasteiger partial charge < -0.3 is 10.2 Å². The largest absolute Gasteiger partial charge is 0.342 e. The standard InChI is InChI=1S/C17H30N2O2/c1-7-11(2)10-19-14(20)13(16(3,4)5)18-15(21)17(19,6)12-8-9-12/h11-13H,7-10H2,1-6H3,(H,18,21). The minimum absolute atomic E-state index is 0.0350. The van der Waals surface area contributed by atoms with Gasteiger partial charge in [0.15, 0.2) is 0 Å². The van der Waals surface area contributed by atoms with Crippen molar-refractivity contribution in [1.82, 2.24) is 10.2 Å². The number of rotatable bonds is 4. The van der Waals surface area contributed by atoms with E-state index < -0.39 is 11.6 Å².